The van der Waals surface area contributed by atoms with E-state index < -0.39 is 6.17 Å². The second kappa shape index (κ2) is 4.94. The number of aromatic nitrogens is 3. The first-order valence-electron chi connectivity index (χ1n) is 7.44. The number of rotatable bonds is 1. The van der Waals surface area contributed by atoms with Crippen LogP contribution in [0.25, 0.3) is 6.08 Å². The molecule has 1 fully saturated rings. The summed E-state index contributed by atoms with van der Waals surface area (Å²) in [6.45, 7) is 1.91. The number of nitrogens with one attached hydrogen (secondary N) is 1. The number of aryl methyl sites for hydroxylation is 2. The summed E-state index contributed by atoms with van der Waals surface area (Å²) in [5.74, 6) is 0.872. The van der Waals surface area contributed by atoms with Gasteiger partial charge in [0.25, 0.3) is 5.56 Å². The molecule has 0 radical (unpaired) electrons. The van der Waals surface area contributed by atoms with Gasteiger partial charge in [0, 0.05) is 27.3 Å². The van der Waals surface area contributed by atoms with E-state index in [-0.39, 0.29) is 17.8 Å². The number of likely N-dealkylation sites (N-methyl/N-ethyl adjacent to an activating group) is 2. The fourth-order valence-electron chi connectivity index (χ4n) is 3.07. The highest BCUT2D eigenvalue weighted by Crippen LogP contribution is 2.26. The lowest BCUT2D eigenvalue weighted by atomic mass is 10.3. The molecule has 0 aromatic carbocycles. The summed E-state index contributed by atoms with van der Waals surface area (Å²) >= 11 is 1.29. The van der Waals surface area contributed by atoms with Crippen molar-refractivity contribution in [3.05, 3.63) is 37.4 Å². The molecular formula is C14H17N7O2S. The van der Waals surface area contributed by atoms with Gasteiger partial charge in [-0.05, 0) is 13.0 Å². The minimum atomic E-state index is -0.411. The van der Waals surface area contributed by atoms with E-state index in [0.717, 1.165) is 11.5 Å². The van der Waals surface area contributed by atoms with E-state index >= 15 is 0 Å². The molecule has 4 heterocycles. The SMILES string of the molecule is Cc1nc(/C=c2\sc3n(c2=O)C2C(NN=3)N(C)C(=O)N2C)cn1C. The molecule has 126 valence electrons. The maximum atomic E-state index is 12.9. The number of hydrogen-bond donors (Lipinski definition) is 1. The molecule has 1 N–H and O–H groups in total. The van der Waals surface area contributed by atoms with E-state index in [0.29, 0.717) is 9.33 Å². The van der Waals surface area contributed by atoms with Crippen molar-refractivity contribution in [3.8, 4) is 0 Å². The van der Waals surface area contributed by atoms with Crippen molar-refractivity contribution in [1.82, 2.24) is 29.3 Å². The molecule has 2 aromatic heterocycles. The molecule has 10 heteroatoms. The largest absolute Gasteiger partial charge is 0.338 e. The zero-order valence-corrected chi connectivity index (χ0v) is 14.5. The third-order valence-electron chi connectivity index (χ3n) is 4.50. The molecule has 24 heavy (non-hydrogen) atoms. The van der Waals surface area contributed by atoms with Gasteiger partial charge in [0.15, 0.2) is 12.3 Å². The fraction of sp³-hybridized carbons (Fsp3) is 0.429. The van der Waals surface area contributed by atoms with E-state index in [2.05, 4.69) is 15.5 Å². The Balaban J connectivity index is 1.88. The Hall–Kier alpha value is -2.62. The summed E-state index contributed by atoms with van der Waals surface area (Å²) in [4.78, 5) is 33.1. The lowest BCUT2D eigenvalue weighted by Gasteiger charge is -2.27. The highest BCUT2D eigenvalue weighted by Gasteiger charge is 2.46. The van der Waals surface area contributed by atoms with Crippen LogP contribution in [0.5, 0.6) is 0 Å². The summed E-state index contributed by atoms with van der Waals surface area (Å²) < 4.78 is 4.02. The first-order chi connectivity index (χ1) is 11.4. The molecule has 2 atom stereocenters. The van der Waals surface area contributed by atoms with Crippen LogP contribution >= 0.6 is 11.3 Å². The van der Waals surface area contributed by atoms with Gasteiger partial charge in [-0.25, -0.2) is 9.78 Å². The van der Waals surface area contributed by atoms with Crippen LogP contribution < -0.4 is 20.3 Å². The summed E-state index contributed by atoms with van der Waals surface area (Å²) in [7, 11) is 5.29. The predicted molar refractivity (Wildman–Crippen MR) is 87.8 cm³/mol. The number of nitrogens with zero attached hydrogens (tertiary/aromatic N) is 6. The summed E-state index contributed by atoms with van der Waals surface area (Å²) in [6, 6.07) is -0.149. The van der Waals surface area contributed by atoms with Crippen LogP contribution in [-0.4, -0.2) is 50.2 Å². The van der Waals surface area contributed by atoms with Crippen LogP contribution in [0.15, 0.2) is 16.1 Å². The van der Waals surface area contributed by atoms with E-state index in [9.17, 15) is 9.59 Å². The Morgan fingerprint density at radius 2 is 2.00 bits per heavy atom. The molecule has 0 aliphatic carbocycles. The minimum absolute atomic E-state index is 0.149. The van der Waals surface area contributed by atoms with Crippen LogP contribution in [0.2, 0.25) is 0 Å². The average Bonchev–Trinajstić information content (AvgIpc) is 3.11. The first kappa shape index (κ1) is 14.9. The molecule has 1 saturated heterocycles. The lowest BCUT2D eigenvalue weighted by Crippen LogP contribution is -2.52. The van der Waals surface area contributed by atoms with Crippen molar-refractivity contribution in [2.24, 2.45) is 12.1 Å². The Kier molecular flexibility index (Phi) is 3.07. The van der Waals surface area contributed by atoms with Gasteiger partial charge in [0.2, 0.25) is 4.80 Å². The first-order valence-corrected chi connectivity index (χ1v) is 8.26. The number of urea groups is 1. The maximum Gasteiger partial charge on any atom is 0.323 e. The molecular weight excluding hydrogens is 330 g/mol. The molecule has 2 unspecified atom stereocenters. The second-order valence-corrected chi connectivity index (χ2v) is 7.01. The standard InChI is InChI=1S/C14H17N7O2S/c1-7-15-8(6-18(7)2)5-9-12(22)21-11-10(16-17-13(21)24-9)19(3)14(23)20(11)4/h5-6,10-11,16H,1-4H3/b9-5-. The van der Waals surface area contributed by atoms with Crippen LogP contribution in [0, 0.1) is 6.92 Å². The van der Waals surface area contributed by atoms with Crippen LogP contribution in [-0.2, 0) is 7.05 Å². The van der Waals surface area contributed by atoms with Gasteiger partial charge in [-0.3, -0.25) is 14.8 Å². The zero-order chi connectivity index (χ0) is 17.2. The van der Waals surface area contributed by atoms with Gasteiger partial charge in [0.05, 0.1) is 10.2 Å². The average molecular weight is 347 g/mol. The number of fused-ring (bicyclic) bond motifs is 3. The smallest absolute Gasteiger partial charge is 0.323 e. The van der Waals surface area contributed by atoms with Crippen LogP contribution in [0.1, 0.15) is 17.7 Å². The molecule has 9 nitrogen and oxygen atoms in total. The van der Waals surface area contributed by atoms with E-state index in [1.54, 1.807) is 34.5 Å². The van der Waals surface area contributed by atoms with Gasteiger partial charge in [-0.2, -0.15) is 0 Å². The number of thiazole rings is 1. The minimum Gasteiger partial charge on any atom is -0.338 e. The Labute approximate surface area is 141 Å². The van der Waals surface area contributed by atoms with Gasteiger partial charge < -0.3 is 14.4 Å². The van der Waals surface area contributed by atoms with Gasteiger partial charge in [0.1, 0.15) is 5.82 Å². The second-order valence-electron chi connectivity index (χ2n) is 6.00. The van der Waals surface area contributed by atoms with Gasteiger partial charge >= 0.3 is 6.03 Å². The van der Waals surface area contributed by atoms with Gasteiger partial charge in [-0.1, -0.05) is 11.3 Å². The number of carbonyl (C=O) groups is 1. The predicted octanol–water partition coefficient (Wildman–Crippen LogP) is -1.26. The van der Waals surface area contributed by atoms with Crippen molar-refractivity contribution in [2.45, 2.75) is 19.3 Å². The molecule has 0 bridgehead atoms. The van der Waals surface area contributed by atoms with E-state index in [1.807, 2.05) is 24.7 Å². The third kappa shape index (κ3) is 1.92. The summed E-state index contributed by atoms with van der Waals surface area (Å²) in [6.07, 6.45) is 2.87. The van der Waals surface area contributed by atoms with Crippen molar-refractivity contribution in [1.29, 1.82) is 0 Å². The summed E-state index contributed by atoms with van der Waals surface area (Å²) in [5, 5.41) is 4.27. The zero-order valence-electron chi connectivity index (χ0n) is 13.7. The fourth-order valence-corrected chi connectivity index (χ4v) is 4.02. The van der Waals surface area contributed by atoms with Crippen LogP contribution in [0.3, 0.4) is 0 Å². The van der Waals surface area contributed by atoms with Crippen LogP contribution in [0.4, 0.5) is 4.79 Å². The maximum absolute atomic E-state index is 12.9. The normalized spacial score (nSPS) is 23.2. The topological polar surface area (TPSA) is 87.8 Å². The van der Waals surface area contributed by atoms with Crippen molar-refractivity contribution in [3.63, 3.8) is 0 Å². The molecule has 0 spiro atoms. The molecule has 0 saturated carbocycles. The molecule has 2 aliphatic heterocycles. The highest BCUT2D eigenvalue weighted by atomic mass is 32.1. The quantitative estimate of drug-likeness (QED) is 0.698. The number of amides is 2. The van der Waals surface area contributed by atoms with Gasteiger partial charge in [-0.15, -0.1) is 5.10 Å². The summed E-state index contributed by atoms with van der Waals surface area (Å²) in [5.41, 5.74) is 3.54. The van der Waals surface area contributed by atoms with E-state index in [1.165, 1.54) is 11.3 Å². The number of hydrogen-bond acceptors (Lipinski definition) is 6. The van der Waals surface area contributed by atoms with E-state index in [4.69, 9.17) is 0 Å². The Morgan fingerprint density at radius 3 is 2.67 bits per heavy atom. The molecule has 2 aromatic rings. The molecule has 2 amide bonds. The number of imidazole rings is 1. The number of carbonyl (C=O) groups excluding carboxylic acids is 1. The Bertz CT molecular complexity index is 998. The van der Waals surface area contributed by atoms with Crippen molar-refractivity contribution >= 4 is 23.4 Å². The monoisotopic (exact) mass is 347 g/mol. The Morgan fingerprint density at radius 1 is 1.25 bits per heavy atom. The third-order valence-corrected chi connectivity index (χ3v) is 5.48. The van der Waals surface area contributed by atoms with Crippen molar-refractivity contribution in [2.75, 3.05) is 14.1 Å². The highest BCUT2D eigenvalue weighted by molar-refractivity contribution is 7.07. The molecule has 2 aliphatic rings. The molecule has 4 rings (SSSR count). The lowest BCUT2D eigenvalue weighted by molar-refractivity contribution is 0.171. The van der Waals surface area contributed by atoms with Crippen molar-refractivity contribution < 1.29 is 4.79 Å².